The van der Waals surface area contributed by atoms with E-state index >= 15 is 0 Å². The number of aryl methyl sites for hydroxylation is 2. The average Bonchev–Trinajstić information content (AvgIpc) is 2.97. The topological polar surface area (TPSA) is 90.0 Å². The number of benzene rings is 2. The van der Waals surface area contributed by atoms with Crippen molar-refractivity contribution in [3.8, 4) is 0 Å². The molecule has 0 bridgehead atoms. The molecular weight excluding hydrogens is 316 g/mol. The lowest BCUT2D eigenvalue weighted by Crippen LogP contribution is -2.17. The fourth-order valence-electron chi connectivity index (χ4n) is 2.63. The van der Waals surface area contributed by atoms with Gasteiger partial charge in [0, 0.05) is 29.7 Å². The summed E-state index contributed by atoms with van der Waals surface area (Å²) in [4.78, 5) is 24.0. The summed E-state index contributed by atoms with van der Waals surface area (Å²) in [6.07, 6.45) is 1.90. The molecule has 0 aliphatic rings. The predicted octanol–water partition coefficient (Wildman–Crippen LogP) is 2.91. The largest absolute Gasteiger partial charge is 0.399 e. The van der Waals surface area contributed by atoms with Gasteiger partial charge in [-0.3, -0.25) is 14.3 Å². The third kappa shape index (κ3) is 4.23. The maximum atomic E-state index is 12.1. The Morgan fingerprint density at radius 1 is 1.16 bits per heavy atom. The second kappa shape index (κ2) is 7.17. The van der Waals surface area contributed by atoms with Gasteiger partial charge in [0.15, 0.2) is 0 Å². The Morgan fingerprint density at radius 2 is 1.92 bits per heavy atom. The highest BCUT2D eigenvalue weighted by Gasteiger charge is 2.11. The smallest absolute Gasteiger partial charge is 0.231 e. The van der Waals surface area contributed by atoms with E-state index in [-0.39, 0.29) is 24.5 Å². The predicted molar refractivity (Wildman–Crippen MR) is 98.2 cm³/mol. The number of hydrogen-bond donors (Lipinski definition) is 2. The standard InChI is InChI=1S/C19H20N4O2/c1-13-2-3-14-12-21-23(18(14)10-13)9-8-17(24)11-19(25)22-16-6-4-15(20)5-7-16/h2-7,10,12H,8-9,11,20H2,1H3,(H,22,25). The summed E-state index contributed by atoms with van der Waals surface area (Å²) in [5, 5.41) is 8.05. The molecule has 6 nitrogen and oxygen atoms in total. The van der Waals surface area contributed by atoms with Crippen molar-refractivity contribution in [1.29, 1.82) is 0 Å². The normalized spacial score (nSPS) is 10.8. The Hall–Kier alpha value is -3.15. The fourth-order valence-corrected chi connectivity index (χ4v) is 2.63. The molecule has 25 heavy (non-hydrogen) atoms. The molecule has 0 fully saturated rings. The minimum atomic E-state index is -0.323. The number of hydrogen-bond acceptors (Lipinski definition) is 4. The number of nitrogens with one attached hydrogen (secondary N) is 1. The maximum absolute atomic E-state index is 12.1. The van der Waals surface area contributed by atoms with Crippen LogP contribution in [-0.2, 0) is 16.1 Å². The Kier molecular flexibility index (Phi) is 4.79. The molecule has 0 saturated carbocycles. The molecular formula is C19H20N4O2. The number of nitrogens with two attached hydrogens (primary N) is 1. The summed E-state index contributed by atoms with van der Waals surface area (Å²) in [5.74, 6) is -0.444. The molecule has 0 radical (unpaired) electrons. The molecule has 6 heteroatoms. The fraction of sp³-hybridized carbons (Fsp3) is 0.211. The zero-order valence-corrected chi connectivity index (χ0v) is 14.0. The van der Waals surface area contributed by atoms with Crippen LogP contribution in [0.2, 0.25) is 0 Å². The molecule has 1 heterocycles. The van der Waals surface area contributed by atoms with Gasteiger partial charge in [-0.25, -0.2) is 0 Å². The van der Waals surface area contributed by atoms with Gasteiger partial charge in [0.2, 0.25) is 5.91 Å². The number of anilines is 2. The van der Waals surface area contributed by atoms with Crippen LogP contribution < -0.4 is 11.1 Å². The first-order chi connectivity index (χ1) is 12.0. The van der Waals surface area contributed by atoms with E-state index in [9.17, 15) is 9.59 Å². The number of carbonyl (C=O) groups excluding carboxylic acids is 2. The van der Waals surface area contributed by atoms with Crippen molar-refractivity contribution in [2.45, 2.75) is 26.3 Å². The van der Waals surface area contributed by atoms with E-state index in [1.54, 1.807) is 35.1 Å². The van der Waals surface area contributed by atoms with E-state index in [1.165, 1.54) is 0 Å². The summed E-state index contributed by atoms with van der Waals surface area (Å²) in [6, 6.07) is 12.9. The minimum Gasteiger partial charge on any atom is -0.399 e. The highest BCUT2D eigenvalue weighted by molar-refractivity contribution is 6.04. The van der Waals surface area contributed by atoms with Crippen LogP contribution in [0.3, 0.4) is 0 Å². The number of aromatic nitrogens is 2. The van der Waals surface area contributed by atoms with E-state index < -0.39 is 0 Å². The molecule has 1 aromatic heterocycles. The Morgan fingerprint density at radius 3 is 2.68 bits per heavy atom. The first kappa shape index (κ1) is 16.7. The summed E-state index contributed by atoms with van der Waals surface area (Å²) in [6.45, 7) is 2.48. The molecule has 1 amide bonds. The first-order valence-corrected chi connectivity index (χ1v) is 8.10. The van der Waals surface area contributed by atoms with E-state index in [0.717, 1.165) is 16.5 Å². The summed E-state index contributed by atoms with van der Waals surface area (Å²) < 4.78 is 1.80. The van der Waals surface area contributed by atoms with Gasteiger partial charge in [-0.15, -0.1) is 0 Å². The summed E-state index contributed by atoms with van der Waals surface area (Å²) >= 11 is 0. The van der Waals surface area contributed by atoms with Crippen molar-refractivity contribution < 1.29 is 9.59 Å². The Labute approximate surface area is 145 Å². The van der Waals surface area contributed by atoms with Gasteiger partial charge in [-0.1, -0.05) is 12.1 Å². The quantitative estimate of drug-likeness (QED) is 0.535. The van der Waals surface area contributed by atoms with Crippen molar-refractivity contribution in [2.24, 2.45) is 0 Å². The van der Waals surface area contributed by atoms with Gasteiger partial charge in [-0.2, -0.15) is 5.10 Å². The molecule has 0 atom stereocenters. The zero-order chi connectivity index (χ0) is 17.8. The van der Waals surface area contributed by atoms with Crippen LogP contribution in [0.5, 0.6) is 0 Å². The van der Waals surface area contributed by atoms with Crippen LogP contribution in [0, 0.1) is 6.92 Å². The number of Topliss-reactive ketones (excluding diaryl/α,β-unsaturated/α-hetero) is 1. The lowest BCUT2D eigenvalue weighted by molar-refractivity contribution is -0.125. The zero-order valence-electron chi connectivity index (χ0n) is 14.0. The van der Waals surface area contributed by atoms with Gasteiger partial charge in [0.05, 0.1) is 18.1 Å². The van der Waals surface area contributed by atoms with E-state index in [1.807, 2.05) is 25.1 Å². The van der Waals surface area contributed by atoms with Crippen molar-refractivity contribution in [3.05, 3.63) is 54.2 Å². The Balaban J connectivity index is 1.54. The third-order valence-corrected chi connectivity index (χ3v) is 3.95. The highest BCUT2D eigenvalue weighted by atomic mass is 16.2. The number of rotatable bonds is 6. The third-order valence-electron chi connectivity index (χ3n) is 3.95. The number of carbonyl (C=O) groups is 2. The molecule has 2 aromatic carbocycles. The van der Waals surface area contributed by atoms with Crippen LogP contribution in [0.4, 0.5) is 11.4 Å². The van der Waals surface area contributed by atoms with Gasteiger partial charge in [0.25, 0.3) is 0 Å². The van der Waals surface area contributed by atoms with Crippen LogP contribution in [-0.4, -0.2) is 21.5 Å². The van der Waals surface area contributed by atoms with Gasteiger partial charge >= 0.3 is 0 Å². The number of fused-ring (bicyclic) bond motifs is 1. The number of ketones is 1. The van der Waals surface area contributed by atoms with Crippen LogP contribution >= 0.6 is 0 Å². The first-order valence-electron chi connectivity index (χ1n) is 8.10. The lowest BCUT2D eigenvalue weighted by atomic mass is 10.2. The molecule has 3 N–H and O–H groups in total. The molecule has 0 unspecified atom stereocenters. The molecule has 0 aliphatic carbocycles. The van der Waals surface area contributed by atoms with Gasteiger partial charge in [0.1, 0.15) is 5.78 Å². The molecule has 128 valence electrons. The summed E-state index contributed by atoms with van der Waals surface area (Å²) in [7, 11) is 0. The van der Waals surface area contributed by atoms with Gasteiger partial charge < -0.3 is 11.1 Å². The SMILES string of the molecule is Cc1ccc2cnn(CCC(=O)CC(=O)Nc3ccc(N)cc3)c2c1. The Bertz CT molecular complexity index is 913. The van der Waals surface area contributed by atoms with Crippen molar-refractivity contribution >= 4 is 34.0 Å². The lowest BCUT2D eigenvalue weighted by Gasteiger charge is -2.06. The van der Waals surface area contributed by atoms with E-state index in [0.29, 0.717) is 17.9 Å². The second-order valence-electron chi connectivity index (χ2n) is 6.07. The molecule has 0 saturated heterocycles. The van der Waals surface area contributed by atoms with E-state index in [4.69, 9.17) is 5.73 Å². The van der Waals surface area contributed by atoms with Crippen LogP contribution in [0.25, 0.3) is 10.9 Å². The molecule has 3 aromatic rings. The van der Waals surface area contributed by atoms with Crippen LogP contribution in [0.15, 0.2) is 48.7 Å². The molecule has 3 rings (SSSR count). The van der Waals surface area contributed by atoms with E-state index in [2.05, 4.69) is 10.4 Å². The molecule has 0 aliphatic heterocycles. The van der Waals surface area contributed by atoms with Crippen molar-refractivity contribution in [3.63, 3.8) is 0 Å². The molecule has 0 spiro atoms. The number of nitrogen functional groups attached to an aromatic ring is 1. The average molecular weight is 336 g/mol. The highest BCUT2D eigenvalue weighted by Crippen LogP contribution is 2.16. The van der Waals surface area contributed by atoms with Crippen molar-refractivity contribution in [2.75, 3.05) is 11.1 Å². The monoisotopic (exact) mass is 336 g/mol. The van der Waals surface area contributed by atoms with Crippen molar-refractivity contribution in [1.82, 2.24) is 9.78 Å². The summed E-state index contributed by atoms with van der Waals surface area (Å²) in [5.41, 5.74) is 8.99. The number of amides is 1. The second-order valence-corrected chi connectivity index (χ2v) is 6.07. The van der Waals surface area contributed by atoms with Crippen LogP contribution in [0.1, 0.15) is 18.4 Å². The number of nitrogens with zero attached hydrogens (tertiary/aromatic N) is 2. The maximum Gasteiger partial charge on any atom is 0.231 e. The van der Waals surface area contributed by atoms with Gasteiger partial charge in [-0.05, 0) is 42.8 Å². The minimum absolute atomic E-state index is 0.121.